The molecule has 2 N–H and O–H groups in total. The number of benzene rings is 1. The van der Waals surface area contributed by atoms with Crippen LogP contribution in [0.4, 0.5) is 11.4 Å². The van der Waals surface area contributed by atoms with Crippen molar-refractivity contribution in [1.82, 2.24) is 0 Å². The summed E-state index contributed by atoms with van der Waals surface area (Å²) in [5, 5.41) is 4.09. The minimum absolute atomic E-state index is 0.412. The molecule has 0 heterocycles. The van der Waals surface area contributed by atoms with Crippen LogP contribution in [0.2, 0.25) is 5.02 Å². The van der Waals surface area contributed by atoms with Crippen molar-refractivity contribution < 1.29 is 8.42 Å². The predicted molar refractivity (Wildman–Crippen MR) is 89.6 cm³/mol. The Bertz CT molecular complexity index is 589. The van der Waals surface area contributed by atoms with Crippen LogP contribution in [0.25, 0.3) is 0 Å². The zero-order valence-corrected chi connectivity index (χ0v) is 14.1. The van der Waals surface area contributed by atoms with E-state index in [1.54, 1.807) is 18.2 Å². The number of anilines is 2. The van der Waals surface area contributed by atoms with Crippen molar-refractivity contribution in [1.29, 1.82) is 0 Å². The van der Waals surface area contributed by atoms with Crippen LogP contribution in [-0.4, -0.2) is 20.7 Å². The Hall–Kier alpha value is -0.940. The summed E-state index contributed by atoms with van der Waals surface area (Å²) in [6.45, 7) is 2.23. The number of rotatable bonds is 5. The van der Waals surface area contributed by atoms with Crippen LogP contribution in [0.15, 0.2) is 18.2 Å². The molecule has 1 aromatic rings. The molecule has 6 heteroatoms. The highest BCUT2D eigenvalue weighted by atomic mass is 35.5. The molecule has 1 fully saturated rings. The molecule has 0 aliphatic heterocycles. The molecule has 0 amide bonds. The van der Waals surface area contributed by atoms with Crippen LogP contribution in [0.3, 0.4) is 0 Å². The first-order valence-electron chi connectivity index (χ1n) is 7.41. The number of hydrogen-bond donors (Lipinski definition) is 2. The standard InChI is InChI=1S/C15H23ClN2O2S/c1-3-11-5-4-6-12(9-11)17-15-10-13(7-8-14(15)16)18-21(2,19)20/h7-8,10-12,17-18H,3-6,9H2,1-2H3. The third-order valence-corrected chi connectivity index (χ3v) is 4.93. The van der Waals surface area contributed by atoms with Gasteiger partial charge in [0.25, 0.3) is 0 Å². The van der Waals surface area contributed by atoms with Crippen molar-refractivity contribution in [3.05, 3.63) is 23.2 Å². The first-order chi connectivity index (χ1) is 9.87. The fourth-order valence-corrected chi connectivity index (χ4v) is 3.65. The largest absolute Gasteiger partial charge is 0.381 e. The average Bonchev–Trinajstić information content (AvgIpc) is 2.41. The van der Waals surface area contributed by atoms with E-state index in [9.17, 15) is 8.42 Å². The smallest absolute Gasteiger partial charge is 0.229 e. The summed E-state index contributed by atoms with van der Waals surface area (Å²) in [5.41, 5.74) is 1.33. The molecule has 0 saturated heterocycles. The molecule has 21 heavy (non-hydrogen) atoms. The lowest BCUT2D eigenvalue weighted by atomic mass is 9.84. The van der Waals surface area contributed by atoms with Crippen molar-refractivity contribution >= 4 is 33.0 Å². The van der Waals surface area contributed by atoms with Gasteiger partial charge in [0.1, 0.15) is 0 Å². The minimum atomic E-state index is -3.27. The maximum Gasteiger partial charge on any atom is 0.229 e. The molecule has 1 aliphatic rings. The third kappa shape index (κ3) is 5.08. The van der Waals surface area contributed by atoms with Gasteiger partial charge < -0.3 is 5.32 Å². The van der Waals surface area contributed by atoms with Gasteiger partial charge >= 0.3 is 0 Å². The van der Waals surface area contributed by atoms with Crippen LogP contribution in [0.5, 0.6) is 0 Å². The minimum Gasteiger partial charge on any atom is -0.381 e. The highest BCUT2D eigenvalue weighted by Gasteiger charge is 2.21. The topological polar surface area (TPSA) is 58.2 Å². The van der Waals surface area contributed by atoms with E-state index in [1.165, 1.54) is 19.3 Å². The highest BCUT2D eigenvalue weighted by Crippen LogP contribution is 2.32. The lowest BCUT2D eigenvalue weighted by Crippen LogP contribution is -2.27. The first-order valence-corrected chi connectivity index (χ1v) is 9.68. The molecule has 2 unspecified atom stereocenters. The molecule has 4 nitrogen and oxygen atoms in total. The van der Waals surface area contributed by atoms with E-state index in [0.717, 1.165) is 30.7 Å². The SMILES string of the molecule is CCC1CCCC(Nc2cc(NS(C)(=O)=O)ccc2Cl)C1. The second-order valence-electron chi connectivity index (χ2n) is 5.85. The fourth-order valence-electron chi connectivity index (χ4n) is 2.93. The molecule has 1 aliphatic carbocycles. The van der Waals surface area contributed by atoms with E-state index < -0.39 is 10.0 Å². The van der Waals surface area contributed by atoms with Crippen molar-refractivity contribution in [2.24, 2.45) is 5.92 Å². The molecule has 1 aromatic carbocycles. The highest BCUT2D eigenvalue weighted by molar-refractivity contribution is 7.92. The molecule has 1 saturated carbocycles. The summed E-state index contributed by atoms with van der Waals surface area (Å²) in [6.07, 6.45) is 7.17. The van der Waals surface area contributed by atoms with Gasteiger partial charge in [-0.15, -0.1) is 0 Å². The van der Waals surface area contributed by atoms with Gasteiger partial charge in [0.15, 0.2) is 0 Å². The molecule has 0 bridgehead atoms. The quantitative estimate of drug-likeness (QED) is 0.854. The summed E-state index contributed by atoms with van der Waals surface area (Å²) in [5.74, 6) is 0.771. The Balaban J connectivity index is 2.10. The van der Waals surface area contributed by atoms with Gasteiger partial charge in [-0.3, -0.25) is 4.72 Å². The summed E-state index contributed by atoms with van der Waals surface area (Å²) < 4.78 is 25.1. The molecule has 0 spiro atoms. The van der Waals surface area contributed by atoms with Crippen LogP contribution in [0.1, 0.15) is 39.0 Å². The maximum atomic E-state index is 11.3. The number of halogens is 1. The number of hydrogen-bond acceptors (Lipinski definition) is 3. The zero-order chi connectivity index (χ0) is 15.5. The van der Waals surface area contributed by atoms with Crippen LogP contribution >= 0.6 is 11.6 Å². The number of sulfonamides is 1. The van der Waals surface area contributed by atoms with Crippen LogP contribution in [-0.2, 0) is 10.0 Å². The van der Waals surface area contributed by atoms with Crippen molar-refractivity contribution in [2.45, 2.75) is 45.1 Å². The molecule has 118 valence electrons. The van der Waals surface area contributed by atoms with Gasteiger partial charge in [-0.2, -0.15) is 0 Å². The molecule has 2 rings (SSSR count). The van der Waals surface area contributed by atoms with Crippen molar-refractivity contribution in [3.8, 4) is 0 Å². The van der Waals surface area contributed by atoms with E-state index in [-0.39, 0.29) is 0 Å². The normalized spacial score (nSPS) is 22.8. The van der Waals surface area contributed by atoms with Crippen LogP contribution in [0, 0.1) is 5.92 Å². The Morgan fingerprint density at radius 3 is 2.76 bits per heavy atom. The van der Waals surface area contributed by atoms with E-state index in [4.69, 9.17) is 11.6 Å². The van der Waals surface area contributed by atoms with E-state index in [0.29, 0.717) is 16.8 Å². The van der Waals surface area contributed by atoms with Gasteiger partial charge in [-0.25, -0.2) is 8.42 Å². The van der Waals surface area contributed by atoms with Gasteiger partial charge in [0.2, 0.25) is 10.0 Å². The van der Waals surface area contributed by atoms with E-state index in [1.807, 2.05) is 0 Å². The summed E-state index contributed by atoms with van der Waals surface area (Å²) in [4.78, 5) is 0. The Labute approximate surface area is 132 Å². The average molecular weight is 331 g/mol. The van der Waals surface area contributed by atoms with Crippen LogP contribution < -0.4 is 10.0 Å². The van der Waals surface area contributed by atoms with E-state index in [2.05, 4.69) is 17.0 Å². The Morgan fingerprint density at radius 1 is 1.33 bits per heavy atom. The van der Waals surface area contributed by atoms with Gasteiger partial charge in [-0.05, 0) is 37.0 Å². The predicted octanol–water partition coefficient (Wildman–Crippen LogP) is 4.09. The van der Waals surface area contributed by atoms with Crippen molar-refractivity contribution in [3.63, 3.8) is 0 Å². The van der Waals surface area contributed by atoms with Gasteiger partial charge in [0.05, 0.1) is 22.7 Å². The molecule has 0 aromatic heterocycles. The molecular formula is C15H23ClN2O2S. The van der Waals surface area contributed by atoms with Gasteiger partial charge in [0, 0.05) is 6.04 Å². The molecule has 2 atom stereocenters. The van der Waals surface area contributed by atoms with Crippen molar-refractivity contribution in [2.75, 3.05) is 16.3 Å². The summed E-state index contributed by atoms with van der Waals surface area (Å²) in [7, 11) is -3.27. The monoisotopic (exact) mass is 330 g/mol. The third-order valence-electron chi connectivity index (χ3n) is 3.99. The first kappa shape index (κ1) is 16.4. The molecular weight excluding hydrogens is 308 g/mol. The Morgan fingerprint density at radius 2 is 2.10 bits per heavy atom. The fraction of sp³-hybridized carbons (Fsp3) is 0.600. The lowest BCUT2D eigenvalue weighted by Gasteiger charge is -2.30. The summed E-state index contributed by atoms with van der Waals surface area (Å²) >= 11 is 6.22. The Kier molecular flexibility index (Phi) is 5.38. The summed E-state index contributed by atoms with van der Waals surface area (Å²) in [6, 6.07) is 5.57. The maximum absolute atomic E-state index is 11.3. The second kappa shape index (κ2) is 6.88. The lowest BCUT2D eigenvalue weighted by molar-refractivity contribution is 0.327. The number of nitrogens with one attached hydrogen (secondary N) is 2. The van der Waals surface area contributed by atoms with E-state index >= 15 is 0 Å². The zero-order valence-electron chi connectivity index (χ0n) is 12.5. The van der Waals surface area contributed by atoms with Gasteiger partial charge in [-0.1, -0.05) is 37.8 Å². The molecule has 0 radical (unpaired) electrons. The second-order valence-corrected chi connectivity index (χ2v) is 8.01.